The maximum Gasteiger partial charge on any atom is 0.177 e. The zero-order chi connectivity index (χ0) is 15.4. The average molecular weight is 315 g/mol. The van der Waals surface area contributed by atoms with Gasteiger partial charge in [0.15, 0.2) is 10.8 Å². The number of aromatic nitrogens is 3. The lowest BCUT2D eigenvalue weighted by atomic mass is 10.1. The highest BCUT2D eigenvalue weighted by Gasteiger charge is 2.15. The average Bonchev–Trinajstić information content (AvgIpc) is 2.93. The Bertz CT molecular complexity index is 752. The van der Waals surface area contributed by atoms with Crippen molar-refractivity contribution in [2.24, 2.45) is 0 Å². The number of hydrogen-bond donors (Lipinski definition) is 1. The smallest absolute Gasteiger partial charge is 0.177 e. The topological polar surface area (TPSA) is 42.2 Å². The van der Waals surface area contributed by atoms with Gasteiger partial charge in [-0.15, -0.1) is 0 Å². The van der Waals surface area contributed by atoms with Gasteiger partial charge in [-0.05, 0) is 6.42 Å². The van der Waals surface area contributed by atoms with Crippen LogP contribution in [0.5, 0.6) is 0 Å². The van der Waals surface area contributed by atoms with Crippen LogP contribution in [-0.4, -0.2) is 20.9 Å². The number of unbranched alkanes of at least 4 members (excludes halogenated alkanes) is 2. The molecule has 1 aromatic carbocycles. The van der Waals surface area contributed by atoms with Crippen molar-refractivity contribution in [2.45, 2.75) is 26.2 Å². The van der Waals surface area contributed by atoms with Gasteiger partial charge in [-0.3, -0.25) is 4.40 Å². The van der Waals surface area contributed by atoms with Gasteiger partial charge in [0.25, 0.3) is 0 Å². The third-order valence-corrected chi connectivity index (χ3v) is 3.89. The third kappa shape index (κ3) is 2.92. The van der Waals surface area contributed by atoms with Crippen LogP contribution in [-0.2, 0) is 0 Å². The molecule has 2 heterocycles. The Kier molecular flexibility index (Phi) is 4.59. The highest BCUT2D eigenvalue weighted by atomic mass is 35.5. The van der Waals surface area contributed by atoms with E-state index in [-0.39, 0.29) is 0 Å². The largest absolute Gasteiger partial charge is 0.369 e. The quantitative estimate of drug-likeness (QED) is 0.673. The Morgan fingerprint density at radius 1 is 1.18 bits per heavy atom. The molecule has 0 saturated heterocycles. The van der Waals surface area contributed by atoms with Crippen LogP contribution in [0.3, 0.4) is 0 Å². The molecule has 0 aliphatic heterocycles. The van der Waals surface area contributed by atoms with E-state index in [1.807, 2.05) is 28.8 Å². The molecule has 5 heteroatoms. The van der Waals surface area contributed by atoms with E-state index in [0.717, 1.165) is 30.0 Å². The maximum absolute atomic E-state index is 6.19. The second kappa shape index (κ2) is 6.79. The Labute approximate surface area is 135 Å². The van der Waals surface area contributed by atoms with Crippen molar-refractivity contribution < 1.29 is 0 Å². The van der Waals surface area contributed by atoms with E-state index in [1.165, 1.54) is 12.8 Å². The summed E-state index contributed by atoms with van der Waals surface area (Å²) in [4.78, 5) is 8.81. The minimum absolute atomic E-state index is 0.418. The predicted molar refractivity (Wildman–Crippen MR) is 91.4 cm³/mol. The number of benzene rings is 1. The fraction of sp³-hybridized carbons (Fsp3) is 0.294. The van der Waals surface area contributed by atoms with Crippen molar-refractivity contribution in [3.05, 3.63) is 47.9 Å². The first kappa shape index (κ1) is 14.9. The van der Waals surface area contributed by atoms with Crippen LogP contribution >= 0.6 is 11.6 Å². The number of hydrogen-bond acceptors (Lipinski definition) is 3. The number of fused-ring (bicyclic) bond motifs is 1. The van der Waals surface area contributed by atoms with Crippen LogP contribution in [0.25, 0.3) is 16.9 Å². The molecular weight excluding hydrogens is 296 g/mol. The number of nitrogens with one attached hydrogen (secondary N) is 1. The van der Waals surface area contributed by atoms with Gasteiger partial charge >= 0.3 is 0 Å². The standard InChI is InChI=1S/C17H19ClN4/c1-2-3-7-10-20-16-14(13-8-5-4-6-9-13)21-17-15(18)19-11-12-22(16)17/h4-6,8-9,11-12,20H,2-3,7,10H2,1H3. The number of halogens is 1. The van der Waals surface area contributed by atoms with Crippen molar-refractivity contribution >= 4 is 23.1 Å². The van der Waals surface area contributed by atoms with Gasteiger partial charge in [0.1, 0.15) is 11.5 Å². The molecule has 3 rings (SSSR count). The van der Waals surface area contributed by atoms with Crippen molar-refractivity contribution in [2.75, 3.05) is 11.9 Å². The molecule has 0 amide bonds. The van der Waals surface area contributed by atoms with Gasteiger partial charge in [0.05, 0.1) is 0 Å². The van der Waals surface area contributed by atoms with Gasteiger partial charge in [-0.1, -0.05) is 61.7 Å². The Morgan fingerprint density at radius 2 is 2.00 bits per heavy atom. The summed E-state index contributed by atoms with van der Waals surface area (Å²) in [5, 5.41) is 3.93. The molecule has 1 N–H and O–H groups in total. The zero-order valence-corrected chi connectivity index (χ0v) is 13.3. The van der Waals surface area contributed by atoms with Gasteiger partial charge in [-0.25, -0.2) is 9.97 Å². The van der Waals surface area contributed by atoms with Crippen LogP contribution in [0.4, 0.5) is 5.82 Å². The minimum Gasteiger partial charge on any atom is -0.369 e. The van der Waals surface area contributed by atoms with Gasteiger partial charge in [-0.2, -0.15) is 0 Å². The van der Waals surface area contributed by atoms with E-state index in [0.29, 0.717) is 10.8 Å². The molecule has 22 heavy (non-hydrogen) atoms. The van der Waals surface area contributed by atoms with Crippen LogP contribution < -0.4 is 5.32 Å². The number of anilines is 1. The SMILES string of the molecule is CCCCCNc1c(-c2ccccc2)nc2c(Cl)nccn12. The molecule has 2 aromatic heterocycles. The summed E-state index contributed by atoms with van der Waals surface area (Å²) in [6.45, 7) is 3.12. The van der Waals surface area contributed by atoms with Crippen LogP contribution in [0.2, 0.25) is 5.15 Å². The van der Waals surface area contributed by atoms with Crippen LogP contribution in [0.15, 0.2) is 42.7 Å². The van der Waals surface area contributed by atoms with Gasteiger partial charge in [0, 0.05) is 24.5 Å². The first-order valence-electron chi connectivity index (χ1n) is 7.63. The monoisotopic (exact) mass is 314 g/mol. The number of imidazole rings is 1. The summed E-state index contributed by atoms with van der Waals surface area (Å²) in [5.74, 6) is 0.974. The summed E-state index contributed by atoms with van der Waals surface area (Å²) in [6, 6.07) is 10.1. The summed E-state index contributed by atoms with van der Waals surface area (Å²) in [5.41, 5.74) is 2.66. The van der Waals surface area contributed by atoms with E-state index in [9.17, 15) is 0 Å². The van der Waals surface area contributed by atoms with Crippen LogP contribution in [0.1, 0.15) is 26.2 Å². The first-order chi connectivity index (χ1) is 10.8. The molecule has 0 bridgehead atoms. The fourth-order valence-corrected chi connectivity index (χ4v) is 2.68. The van der Waals surface area contributed by atoms with Crippen molar-refractivity contribution in [3.63, 3.8) is 0 Å². The van der Waals surface area contributed by atoms with E-state index < -0.39 is 0 Å². The molecule has 4 nitrogen and oxygen atoms in total. The van der Waals surface area contributed by atoms with Crippen molar-refractivity contribution in [1.29, 1.82) is 0 Å². The second-order valence-electron chi connectivity index (χ2n) is 5.22. The molecule has 0 unspecified atom stereocenters. The summed E-state index contributed by atoms with van der Waals surface area (Å²) in [6.07, 6.45) is 7.14. The summed E-state index contributed by atoms with van der Waals surface area (Å²) in [7, 11) is 0. The molecule has 0 fully saturated rings. The molecule has 0 radical (unpaired) electrons. The van der Waals surface area contributed by atoms with Gasteiger partial charge in [0.2, 0.25) is 0 Å². The van der Waals surface area contributed by atoms with E-state index >= 15 is 0 Å². The molecule has 114 valence electrons. The highest BCUT2D eigenvalue weighted by Crippen LogP contribution is 2.30. The fourth-order valence-electron chi connectivity index (χ4n) is 2.49. The molecule has 0 saturated carbocycles. The molecular formula is C17H19ClN4. The number of nitrogens with zero attached hydrogens (tertiary/aromatic N) is 3. The lowest BCUT2D eigenvalue weighted by Gasteiger charge is -2.08. The molecule has 0 atom stereocenters. The van der Waals surface area contributed by atoms with E-state index in [4.69, 9.17) is 11.6 Å². The lowest BCUT2D eigenvalue weighted by Crippen LogP contribution is -2.05. The number of rotatable bonds is 6. The van der Waals surface area contributed by atoms with Crippen LogP contribution in [0, 0.1) is 0 Å². The first-order valence-corrected chi connectivity index (χ1v) is 8.01. The Morgan fingerprint density at radius 3 is 2.77 bits per heavy atom. The molecule has 0 spiro atoms. The Hall–Kier alpha value is -2.07. The Balaban J connectivity index is 2.04. The van der Waals surface area contributed by atoms with Crippen molar-refractivity contribution in [1.82, 2.24) is 14.4 Å². The maximum atomic E-state index is 6.19. The summed E-state index contributed by atoms with van der Waals surface area (Å²) < 4.78 is 1.98. The van der Waals surface area contributed by atoms with Gasteiger partial charge < -0.3 is 5.32 Å². The highest BCUT2D eigenvalue weighted by molar-refractivity contribution is 6.32. The second-order valence-corrected chi connectivity index (χ2v) is 5.58. The normalized spacial score (nSPS) is 11.0. The third-order valence-electron chi connectivity index (χ3n) is 3.62. The predicted octanol–water partition coefficient (Wildman–Crippen LogP) is 4.65. The zero-order valence-electron chi connectivity index (χ0n) is 12.6. The summed E-state index contributed by atoms with van der Waals surface area (Å²) >= 11 is 6.19. The van der Waals surface area contributed by atoms with E-state index in [2.05, 4.69) is 34.3 Å². The molecule has 0 aliphatic rings. The van der Waals surface area contributed by atoms with E-state index in [1.54, 1.807) is 6.20 Å². The van der Waals surface area contributed by atoms with Crippen molar-refractivity contribution in [3.8, 4) is 11.3 Å². The molecule has 3 aromatic rings. The minimum atomic E-state index is 0.418. The molecule has 0 aliphatic carbocycles. The lowest BCUT2D eigenvalue weighted by molar-refractivity contribution is 0.742.